The number of carbonyl (C=O) groups is 2. The van der Waals surface area contributed by atoms with Gasteiger partial charge in [0.2, 0.25) is 5.91 Å². The maximum atomic E-state index is 12.8. The van der Waals surface area contributed by atoms with Crippen LogP contribution in [0, 0.1) is 0 Å². The van der Waals surface area contributed by atoms with Crippen molar-refractivity contribution < 1.29 is 9.59 Å². The van der Waals surface area contributed by atoms with Crippen LogP contribution in [-0.4, -0.2) is 34.3 Å². The Morgan fingerprint density at radius 2 is 1.85 bits per heavy atom. The molecule has 1 fully saturated rings. The SMILES string of the molecule is O=C(CN1C=CN2NC(c3ccccc3)CC2C1=O)Nc1ccc(Br)cc1. The second-order valence-electron chi connectivity index (χ2n) is 6.57. The lowest BCUT2D eigenvalue weighted by molar-refractivity contribution is -0.137. The molecule has 2 heterocycles. The van der Waals surface area contributed by atoms with Crippen LogP contribution < -0.4 is 10.7 Å². The van der Waals surface area contributed by atoms with Crippen molar-refractivity contribution in [3.05, 3.63) is 77.0 Å². The van der Waals surface area contributed by atoms with Crippen LogP contribution >= 0.6 is 15.9 Å². The normalized spacial score (nSPS) is 21.3. The molecule has 27 heavy (non-hydrogen) atoms. The van der Waals surface area contributed by atoms with Crippen LogP contribution in [0.4, 0.5) is 5.69 Å². The van der Waals surface area contributed by atoms with Crippen LogP contribution in [-0.2, 0) is 9.59 Å². The van der Waals surface area contributed by atoms with Gasteiger partial charge in [-0.15, -0.1) is 0 Å². The number of hydrogen-bond acceptors (Lipinski definition) is 4. The average molecular weight is 427 g/mol. The van der Waals surface area contributed by atoms with E-state index in [0.29, 0.717) is 12.1 Å². The van der Waals surface area contributed by atoms with Crippen molar-refractivity contribution in [2.45, 2.75) is 18.5 Å². The maximum Gasteiger partial charge on any atom is 0.251 e. The van der Waals surface area contributed by atoms with E-state index in [1.54, 1.807) is 6.20 Å². The van der Waals surface area contributed by atoms with Crippen molar-refractivity contribution in [2.24, 2.45) is 0 Å². The molecule has 2 aliphatic heterocycles. The summed E-state index contributed by atoms with van der Waals surface area (Å²) in [4.78, 5) is 26.6. The van der Waals surface area contributed by atoms with Crippen molar-refractivity contribution in [3.63, 3.8) is 0 Å². The zero-order chi connectivity index (χ0) is 18.8. The van der Waals surface area contributed by atoms with E-state index in [4.69, 9.17) is 0 Å². The quantitative estimate of drug-likeness (QED) is 0.788. The number of hydrazine groups is 1. The fourth-order valence-corrected chi connectivity index (χ4v) is 3.62. The van der Waals surface area contributed by atoms with E-state index in [2.05, 4.69) is 26.7 Å². The molecular formula is C20H19BrN4O2. The Balaban J connectivity index is 1.39. The molecule has 2 atom stereocenters. The highest BCUT2D eigenvalue weighted by molar-refractivity contribution is 9.10. The summed E-state index contributed by atoms with van der Waals surface area (Å²) < 4.78 is 0.941. The molecule has 0 aliphatic carbocycles. The standard InChI is InChI=1S/C20H19BrN4O2/c21-15-6-8-16(9-7-15)22-19(26)13-24-10-11-25-18(20(24)27)12-17(23-25)14-4-2-1-3-5-14/h1-11,17-18,23H,12-13H2,(H,22,26). The van der Waals surface area contributed by atoms with E-state index in [1.807, 2.05) is 65.8 Å². The van der Waals surface area contributed by atoms with Crippen LogP contribution in [0.1, 0.15) is 18.0 Å². The second kappa shape index (κ2) is 7.54. The number of benzene rings is 2. The van der Waals surface area contributed by atoms with E-state index in [9.17, 15) is 9.59 Å². The van der Waals surface area contributed by atoms with Crippen LogP contribution in [0.15, 0.2) is 71.5 Å². The fraction of sp³-hybridized carbons (Fsp3) is 0.200. The third-order valence-corrected chi connectivity index (χ3v) is 5.25. The molecule has 0 radical (unpaired) electrons. The lowest BCUT2D eigenvalue weighted by Crippen LogP contribution is -2.49. The monoisotopic (exact) mass is 426 g/mol. The molecule has 2 N–H and O–H groups in total. The fourth-order valence-electron chi connectivity index (χ4n) is 3.36. The van der Waals surface area contributed by atoms with Gasteiger partial charge in [0.25, 0.3) is 5.91 Å². The lowest BCUT2D eigenvalue weighted by atomic mass is 10.0. The number of amides is 2. The van der Waals surface area contributed by atoms with Gasteiger partial charge in [0, 0.05) is 22.6 Å². The largest absolute Gasteiger partial charge is 0.325 e. The van der Waals surface area contributed by atoms with Crippen molar-refractivity contribution in [2.75, 3.05) is 11.9 Å². The molecule has 7 heteroatoms. The van der Waals surface area contributed by atoms with Gasteiger partial charge in [0.15, 0.2) is 0 Å². The average Bonchev–Trinajstić information content (AvgIpc) is 3.12. The van der Waals surface area contributed by atoms with E-state index in [1.165, 1.54) is 4.90 Å². The minimum absolute atomic E-state index is 0.00819. The van der Waals surface area contributed by atoms with Gasteiger partial charge in [-0.05, 0) is 36.2 Å². The van der Waals surface area contributed by atoms with Crippen molar-refractivity contribution in [1.29, 1.82) is 0 Å². The van der Waals surface area contributed by atoms with E-state index >= 15 is 0 Å². The first-order chi connectivity index (χ1) is 13.1. The van der Waals surface area contributed by atoms with Crippen LogP contribution in [0.25, 0.3) is 0 Å². The van der Waals surface area contributed by atoms with E-state index < -0.39 is 0 Å². The molecule has 0 saturated carbocycles. The molecule has 138 valence electrons. The first-order valence-electron chi connectivity index (χ1n) is 8.74. The third-order valence-electron chi connectivity index (χ3n) is 4.72. The molecule has 0 spiro atoms. The Labute approximate surface area is 165 Å². The Morgan fingerprint density at radius 3 is 2.59 bits per heavy atom. The van der Waals surface area contributed by atoms with E-state index in [-0.39, 0.29) is 30.4 Å². The van der Waals surface area contributed by atoms with Crippen molar-refractivity contribution >= 4 is 33.4 Å². The Hall–Kier alpha value is -2.64. The minimum atomic E-state index is -0.305. The highest BCUT2D eigenvalue weighted by Crippen LogP contribution is 2.30. The zero-order valence-electron chi connectivity index (χ0n) is 14.5. The summed E-state index contributed by atoms with van der Waals surface area (Å²) in [6, 6.07) is 17.2. The molecule has 6 nitrogen and oxygen atoms in total. The molecule has 4 rings (SSSR count). The summed E-state index contributed by atoms with van der Waals surface area (Å²) in [6.45, 7) is -0.00819. The number of fused-ring (bicyclic) bond motifs is 1. The molecule has 2 aromatic carbocycles. The number of anilines is 1. The molecule has 2 aromatic rings. The molecule has 2 aliphatic rings. The highest BCUT2D eigenvalue weighted by atomic mass is 79.9. The van der Waals surface area contributed by atoms with Crippen molar-refractivity contribution in [3.8, 4) is 0 Å². The molecule has 1 saturated heterocycles. The summed E-state index contributed by atoms with van der Waals surface area (Å²) in [5, 5.41) is 4.65. The van der Waals surface area contributed by atoms with Gasteiger partial charge in [-0.2, -0.15) is 0 Å². The van der Waals surface area contributed by atoms with E-state index in [0.717, 1.165) is 10.0 Å². The summed E-state index contributed by atoms with van der Waals surface area (Å²) in [5.74, 6) is -0.302. The summed E-state index contributed by atoms with van der Waals surface area (Å²) in [5.41, 5.74) is 5.20. The Kier molecular flexibility index (Phi) is 4.96. The smallest absolute Gasteiger partial charge is 0.251 e. The number of rotatable bonds is 4. The van der Waals surface area contributed by atoms with Crippen LogP contribution in [0.3, 0.4) is 0 Å². The van der Waals surface area contributed by atoms with Gasteiger partial charge >= 0.3 is 0 Å². The number of carbonyl (C=O) groups excluding carboxylic acids is 2. The van der Waals surface area contributed by atoms with Gasteiger partial charge in [0.05, 0.1) is 6.04 Å². The van der Waals surface area contributed by atoms with Gasteiger partial charge in [-0.3, -0.25) is 9.59 Å². The predicted octanol–water partition coefficient (Wildman–Crippen LogP) is 3.02. The number of nitrogens with zero attached hydrogens (tertiary/aromatic N) is 2. The van der Waals surface area contributed by atoms with Gasteiger partial charge in [-0.1, -0.05) is 46.3 Å². The first-order valence-corrected chi connectivity index (χ1v) is 9.53. The van der Waals surface area contributed by atoms with Crippen LogP contribution in [0.5, 0.6) is 0 Å². The second-order valence-corrected chi connectivity index (χ2v) is 7.49. The molecule has 2 unspecified atom stereocenters. The molecular weight excluding hydrogens is 408 g/mol. The lowest BCUT2D eigenvalue weighted by Gasteiger charge is -2.31. The third kappa shape index (κ3) is 3.89. The molecule has 0 bridgehead atoms. The first kappa shape index (κ1) is 17.8. The number of hydrogen-bond donors (Lipinski definition) is 2. The van der Waals surface area contributed by atoms with Gasteiger partial charge < -0.3 is 15.2 Å². The Morgan fingerprint density at radius 1 is 1.11 bits per heavy atom. The van der Waals surface area contributed by atoms with Gasteiger partial charge in [-0.25, -0.2) is 5.43 Å². The van der Waals surface area contributed by atoms with Crippen molar-refractivity contribution in [1.82, 2.24) is 15.3 Å². The Bertz CT molecular complexity index is 869. The van der Waals surface area contributed by atoms with Gasteiger partial charge in [0.1, 0.15) is 12.6 Å². The highest BCUT2D eigenvalue weighted by Gasteiger charge is 2.40. The summed E-state index contributed by atoms with van der Waals surface area (Å²) >= 11 is 3.36. The minimum Gasteiger partial charge on any atom is -0.325 e. The predicted molar refractivity (Wildman–Crippen MR) is 106 cm³/mol. The maximum absolute atomic E-state index is 12.8. The number of halogens is 1. The topological polar surface area (TPSA) is 64.7 Å². The molecule has 2 amide bonds. The molecule has 0 aromatic heterocycles. The summed E-state index contributed by atoms with van der Waals surface area (Å²) in [7, 11) is 0. The number of nitrogens with one attached hydrogen (secondary N) is 2. The summed E-state index contributed by atoms with van der Waals surface area (Å²) in [6.07, 6.45) is 4.14. The van der Waals surface area contributed by atoms with Crippen LogP contribution in [0.2, 0.25) is 0 Å². The zero-order valence-corrected chi connectivity index (χ0v) is 16.1.